The first-order chi connectivity index (χ1) is 9.00. The number of likely N-dealkylation sites (N-methyl/N-ethyl adjacent to an activating group) is 1. The summed E-state index contributed by atoms with van der Waals surface area (Å²) in [6.07, 6.45) is 2.56. The van der Waals surface area contributed by atoms with Gasteiger partial charge in [0, 0.05) is 29.9 Å². The van der Waals surface area contributed by atoms with Gasteiger partial charge in [0.05, 0.1) is 0 Å². The molecule has 1 aromatic rings. The van der Waals surface area contributed by atoms with Crippen molar-refractivity contribution in [2.75, 3.05) is 19.3 Å². The van der Waals surface area contributed by atoms with Crippen LogP contribution in [0.25, 0.3) is 0 Å². The molecule has 19 heavy (non-hydrogen) atoms. The average Bonchev–Trinajstić information content (AvgIpc) is 3.22. The molecule has 1 atom stereocenters. The Morgan fingerprint density at radius 1 is 1.53 bits per heavy atom. The van der Waals surface area contributed by atoms with Crippen LogP contribution in [0.5, 0.6) is 0 Å². The largest absolute Gasteiger partial charge is 0.398 e. The molecule has 0 bridgehead atoms. The molecule has 1 aliphatic carbocycles. The number of nitrogens with one attached hydrogen (secondary N) is 1. The number of benzene rings is 1. The van der Waals surface area contributed by atoms with Crippen LogP contribution in [0.3, 0.4) is 0 Å². The van der Waals surface area contributed by atoms with E-state index in [0.29, 0.717) is 29.9 Å². The van der Waals surface area contributed by atoms with Crippen molar-refractivity contribution in [3.05, 3.63) is 29.3 Å². The predicted molar refractivity (Wildman–Crippen MR) is 78.2 cm³/mol. The van der Waals surface area contributed by atoms with Crippen LogP contribution in [-0.2, 0) is 0 Å². The lowest BCUT2D eigenvalue weighted by atomic mass is 10.1. The standard InChI is InChI=1S/C15H23N3O/c1-10(18(3)12-7-8-12)9-17-15(19)13-5-4-6-14(16)11(13)2/h4-6,10,12H,7-9,16H2,1-3H3,(H,17,19). The fourth-order valence-electron chi connectivity index (χ4n) is 2.22. The maximum Gasteiger partial charge on any atom is 0.251 e. The van der Waals surface area contributed by atoms with Gasteiger partial charge in [0.15, 0.2) is 0 Å². The quantitative estimate of drug-likeness (QED) is 0.794. The highest BCUT2D eigenvalue weighted by Gasteiger charge is 2.29. The number of hydrogen-bond donors (Lipinski definition) is 2. The van der Waals surface area contributed by atoms with Crippen LogP contribution < -0.4 is 11.1 Å². The molecule has 1 aliphatic rings. The highest BCUT2D eigenvalue weighted by molar-refractivity contribution is 5.96. The van der Waals surface area contributed by atoms with Gasteiger partial charge >= 0.3 is 0 Å². The number of nitrogens with zero attached hydrogens (tertiary/aromatic N) is 1. The smallest absolute Gasteiger partial charge is 0.251 e. The SMILES string of the molecule is Cc1c(N)cccc1C(=O)NCC(C)N(C)C1CC1. The first-order valence-electron chi connectivity index (χ1n) is 6.86. The molecule has 2 rings (SSSR count). The van der Waals surface area contributed by atoms with Crippen LogP contribution in [-0.4, -0.2) is 36.5 Å². The summed E-state index contributed by atoms with van der Waals surface area (Å²) in [5, 5.41) is 2.99. The van der Waals surface area contributed by atoms with Crippen molar-refractivity contribution >= 4 is 11.6 Å². The Morgan fingerprint density at radius 2 is 2.21 bits per heavy atom. The maximum atomic E-state index is 12.1. The summed E-state index contributed by atoms with van der Waals surface area (Å²) in [6, 6.07) is 6.52. The van der Waals surface area contributed by atoms with Gasteiger partial charge in [-0.1, -0.05) is 6.07 Å². The van der Waals surface area contributed by atoms with Gasteiger partial charge in [-0.05, 0) is 51.4 Å². The van der Waals surface area contributed by atoms with Crippen molar-refractivity contribution < 1.29 is 4.79 Å². The second kappa shape index (κ2) is 5.61. The van der Waals surface area contributed by atoms with Gasteiger partial charge in [0.25, 0.3) is 5.91 Å². The van der Waals surface area contributed by atoms with Gasteiger partial charge in [0.1, 0.15) is 0 Å². The van der Waals surface area contributed by atoms with E-state index in [9.17, 15) is 4.79 Å². The van der Waals surface area contributed by atoms with Crippen molar-refractivity contribution in [1.29, 1.82) is 0 Å². The molecule has 0 aromatic heterocycles. The van der Waals surface area contributed by atoms with Gasteiger partial charge < -0.3 is 11.1 Å². The number of hydrogen-bond acceptors (Lipinski definition) is 3. The third kappa shape index (κ3) is 3.26. The minimum Gasteiger partial charge on any atom is -0.398 e. The van der Waals surface area contributed by atoms with Gasteiger partial charge in [-0.25, -0.2) is 0 Å². The fraction of sp³-hybridized carbons (Fsp3) is 0.533. The lowest BCUT2D eigenvalue weighted by Gasteiger charge is -2.24. The Morgan fingerprint density at radius 3 is 2.84 bits per heavy atom. The average molecular weight is 261 g/mol. The number of nitrogens with two attached hydrogens (primary N) is 1. The molecule has 4 heteroatoms. The molecular weight excluding hydrogens is 238 g/mol. The summed E-state index contributed by atoms with van der Waals surface area (Å²) in [4.78, 5) is 14.5. The van der Waals surface area contributed by atoms with Crippen LogP contribution in [0.1, 0.15) is 35.7 Å². The molecule has 3 N–H and O–H groups in total. The Balaban J connectivity index is 1.92. The Hall–Kier alpha value is -1.55. The minimum atomic E-state index is -0.0409. The van der Waals surface area contributed by atoms with Crippen LogP contribution in [0.2, 0.25) is 0 Å². The minimum absolute atomic E-state index is 0.0409. The number of amides is 1. The van der Waals surface area contributed by atoms with Crippen molar-refractivity contribution in [2.24, 2.45) is 0 Å². The molecule has 0 saturated heterocycles. The van der Waals surface area contributed by atoms with Crippen molar-refractivity contribution in [3.63, 3.8) is 0 Å². The molecule has 0 spiro atoms. The Kier molecular flexibility index (Phi) is 4.10. The van der Waals surface area contributed by atoms with Crippen molar-refractivity contribution in [1.82, 2.24) is 10.2 Å². The van der Waals surface area contributed by atoms with Crippen LogP contribution in [0, 0.1) is 6.92 Å². The number of anilines is 1. The Labute approximate surface area is 115 Å². The van der Waals surface area contributed by atoms with E-state index >= 15 is 0 Å². The molecule has 4 nitrogen and oxygen atoms in total. The highest BCUT2D eigenvalue weighted by Crippen LogP contribution is 2.26. The van der Waals surface area contributed by atoms with Gasteiger partial charge in [0.2, 0.25) is 0 Å². The van der Waals surface area contributed by atoms with E-state index in [4.69, 9.17) is 5.73 Å². The molecule has 104 valence electrons. The topological polar surface area (TPSA) is 58.4 Å². The monoisotopic (exact) mass is 261 g/mol. The summed E-state index contributed by atoms with van der Waals surface area (Å²) in [5.41, 5.74) is 8.00. The van der Waals surface area contributed by atoms with E-state index in [2.05, 4.69) is 24.2 Å². The summed E-state index contributed by atoms with van der Waals surface area (Å²) >= 11 is 0. The van der Waals surface area contributed by atoms with Crippen molar-refractivity contribution in [2.45, 2.75) is 38.8 Å². The number of carbonyl (C=O) groups excluding carboxylic acids is 1. The lowest BCUT2D eigenvalue weighted by Crippen LogP contribution is -2.41. The zero-order valence-electron chi connectivity index (χ0n) is 11.9. The van der Waals surface area contributed by atoms with Gasteiger partial charge in [-0.2, -0.15) is 0 Å². The molecule has 0 heterocycles. The molecule has 1 saturated carbocycles. The van der Waals surface area contributed by atoms with E-state index in [1.54, 1.807) is 0 Å². The van der Waals surface area contributed by atoms with Crippen LogP contribution in [0.4, 0.5) is 5.69 Å². The van der Waals surface area contributed by atoms with E-state index in [1.165, 1.54) is 12.8 Å². The Bertz CT molecular complexity index is 468. The molecule has 1 aromatic carbocycles. The van der Waals surface area contributed by atoms with Crippen LogP contribution >= 0.6 is 0 Å². The molecule has 0 aliphatic heterocycles. The fourth-order valence-corrected chi connectivity index (χ4v) is 2.22. The zero-order chi connectivity index (χ0) is 14.0. The molecule has 1 amide bonds. The molecule has 1 unspecified atom stereocenters. The van der Waals surface area contributed by atoms with Crippen LogP contribution in [0.15, 0.2) is 18.2 Å². The summed E-state index contributed by atoms with van der Waals surface area (Å²) in [7, 11) is 2.13. The number of nitrogen functional groups attached to an aromatic ring is 1. The van der Waals surface area contributed by atoms with Gasteiger partial charge in [-0.3, -0.25) is 9.69 Å². The molecule has 1 fully saturated rings. The van der Waals surface area contributed by atoms with Gasteiger partial charge in [-0.15, -0.1) is 0 Å². The first-order valence-corrected chi connectivity index (χ1v) is 6.86. The third-order valence-corrected chi connectivity index (χ3v) is 4.00. The number of rotatable bonds is 5. The lowest BCUT2D eigenvalue weighted by molar-refractivity contribution is 0.0939. The third-order valence-electron chi connectivity index (χ3n) is 4.00. The van der Waals surface area contributed by atoms with E-state index < -0.39 is 0 Å². The first kappa shape index (κ1) is 13.9. The van der Waals surface area contributed by atoms with E-state index in [1.807, 2.05) is 25.1 Å². The second-order valence-electron chi connectivity index (χ2n) is 5.48. The number of carbonyl (C=O) groups is 1. The molecule has 0 radical (unpaired) electrons. The summed E-state index contributed by atoms with van der Waals surface area (Å²) in [6.45, 7) is 4.69. The van der Waals surface area contributed by atoms with E-state index in [-0.39, 0.29) is 5.91 Å². The molecular formula is C15H23N3O. The maximum absolute atomic E-state index is 12.1. The highest BCUT2D eigenvalue weighted by atomic mass is 16.1. The summed E-state index contributed by atoms with van der Waals surface area (Å²) in [5.74, 6) is -0.0409. The second-order valence-corrected chi connectivity index (χ2v) is 5.48. The predicted octanol–water partition coefficient (Wildman–Crippen LogP) is 1.79. The van der Waals surface area contributed by atoms with E-state index in [0.717, 1.165) is 5.56 Å². The summed E-state index contributed by atoms with van der Waals surface area (Å²) < 4.78 is 0. The normalized spacial score (nSPS) is 16.4. The van der Waals surface area contributed by atoms with Crippen molar-refractivity contribution in [3.8, 4) is 0 Å². The zero-order valence-corrected chi connectivity index (χ0v) is 11.9.